The second-order valence-corrected chi connectivity index (χ2v) is 8.29. The Kier molecular flexibility index (Phi) is 4.25. The van der Waals surface area contributed by atoms with Gasteiger partial charge in [0.05, 0.1) is 11.4 Å². The molecule has 1 fully saturated rings. The minimum absolute atomic E-state index is 0.0173. The van der Waals surface area contributed by atoms with Crippen molar-refractivity contribution in [3.63, 3.8) is 0 Å². The summed E-state index contributed by atoms with van der Waals surface area (Å²) < 4.78 is 24.3. The second kappa shape index (κ2) is 5.62. The summed E-state index contributed by atoms with van der Waals surface area (Å²) in [6.45, 7) is 3.72. The highest BCUT2D eigenvalue weighted by atomic mass is 32.2. The van der Waals surface area contributed by atoms with Crippen LogP contribution < -0.4 is 11.1 Å². The summed E-state index contributed by atoms with van der Waals surface area (Å²) in [7, 11) is -3.42. The van der Waals surface area contributed by atoms with Gasteiger partial charge in [0.15, 0.2) is 9.84 Å². The predicted octanol–water partition coefficient (Wildman–Crippen LogP) is 2.60. The fourth-order valence-corrected chi connectivity index (χ4v) is 4.86. The molecule has 5 nitrogen and oxygen atoms in total. The molecule has 1 saturated carbocycles. The lowest BCUT2D eigenvalue weighted by atomic mass is 10.2. The van der Waals surface area contributed by atoms with Crippen molar-refractivity contribution in [2.45, 2.75) is 44.0 Å². The first-order chi connectivity index (χ1) is 9.44. The highest BCUT2D eigenvalue weighted by Gasteiger charge is 2.38. The van der Waals surface area contributed by atoms with Crippen LogP contribution in [0, 0.1) is 17.2 Å². The molecular formula is C13H19N3O2S2. The van der Waals surface area contributed by atoms with E-state index in [2.05, 4.69) is 12.2 Å². The molecule has 0 radical (unpaired) electrons. The Labute approximate surface area is 123 Å². The first-order valence-electron chi connectivity index (χ1n) is 6.76. The molecule has 1 aromatic heterocycles. The summed E-state index contributed by atoms with van der Waals surface area (Å²) in [4.78, 5) is 0.385. The number of rotatable bonds is 6. The minimum Gasteiger partial charge on any atom is -0.396 e. The van der Waals surface area contributed by atoms with E-state index in [1.165, 1.54) is 0 Å². The molecule has 0 bridgehead atoms. The van der Waals surface area contributed by atoms with Gasteiger partial charge in [-0.15, -0.1) is 11.3 Å². The van der Waals surface area contributed by atoms with Crippen molar-refractivity contribution in [1.29, 1.82) is 5.26 Å². The molecule has 0 aromatic carbocycles. The molecule has 0 aliphatic heterocycles. The summed E-state index contributed by atoms with van der Waals surface area (Å²) in [6, 6.07) is 2.28. The predicted molar refractivity (Wildman–Crippen MR) is 81.6 cm³/mol. The average Bonchev–Trinajstić information content (AvgIpc) is 3.04. The zero-order chi connectivity index (χ0) is 14.9. The lowest BCUT2D eigenvalue weighted by molar-refractivity contribution is 0.598. The SMILES string of the molecule is CCCC1CC1Nc1sc(C#N)c(N)c1S(=O)(=O)CC. The van der Waals surface area contributed by atoms with Crippen LogP contribution in [0.1, 0.15) is 38.0 Å². The van der Waals surface area contributed by atoms with Crippen LogP contribution in [0.3, 0.4) is 0 Å². The number of hydrogen-bond acceptors (Lipinski definition) is 6. The van der Waals surface area contributed by atoms with Crippen molar-refractivity contribution in [3.05, 3.63) is 4.88 Å². The van der Waals surface area contributed by atoms with Gasteiger partial charge in [-0.1, -0.05) is 20.3 Å². The maximum absolute atomic E-state index is 12.2. The average molecular weight is 313 g/mol. The second-order valence-electron chi connectivity index (χ2n) is 5.05. The van der Waals surface area contributed by atoms with Crippen molar-refractivity contribution in [2.24, 2.45) is 5.92 Å². The van der Waals surface area contributed by atoms with Gasteiger partial charge in [0.2, 0.25) is 0 Å². The summed E-state index contributed by atoms with van der Waals surface area (Å²) in [6.07, 6.45) is 3.32. The third-order valence-corrected chi connectivity index (χ3v) is 6.57. The fraction of sp³-hybridized carbons (Fsp3) is 0.615. The van der Waals surface area contributed by atoms with E-state index in [0.29, 0.717) is 17.0 Å². The van der Waals surface area contributed by atoms with E-state index < -0.39 is 9.84 Å². The molecule has 1 aromatic rings. The summed E-state index contributed by atoms with van der Waals surface area (Å²) in [5.41, 5.74) is 5.93. The number of sulfone groups is 1. The first-order valence-corrected chi connectivity index (χ1v) is 9.23. The van der Waals surface area contributed by atoms with Gasteiger partial charge >= 0.3 is 0 Å². The van der Waals surface area contributed by atoms with Gasteiger partial charge in [-0.05, 0) is 18.8 Å². The lowest BCUT2D eigenvalue weighted by Gasteiger charge is -2.07. The van der Waals surface area contributed by atoms with E-state index in [0.717, 1.165) is 30.6 Å². The summed E-state index contributed by atoms with van der Waals surface area (Å²) in [5, 5.41) is 12.8. The van der Waals surface area contributed by atoms with Gasteiger partial charge in [-0.3, -0.25) is 0 Å². The maximum Gasteiger partial charge on any atom is 0.183 e. The number of hydrogen-bond donors (Lipinski definition) is 2. The van der Waals surface area contributed by atoms with Crippen molar-refractivity contribution < 1.29 is 8.42 Å². The van der Waals surface area contributed by atoms with E-state index in [1.807, 2.05) is 6.07 Å². The monoisotopic (exact) mass is 313 g/mol. The minimum atomic E-state index is -3.42. The third kappa shape index (κ3) is 2.76. The van der Waals surface area contributed by atoms with Crippen LogP contribution in [0.25, 0.3) is 0 Å². The van der Waals surface area contributed by atoms with E-state index in [9.17, 15) is 8.42 Å². The van der Waals surface area contributed by atoms with Crippen LogP contribution >= 0.6 is 11.3 Å². The Hall–Kier alpha value is -1.26. The zero-order valence-electron chi connectivity index (χ0n) is 11.6. The number of nitrogen functional groups attached to an aromatic ring is 1. The Bertz CT molecular complexity index is 643. The first kappa shape index (κ1) is 15.1. The molecule has 110 valence electrons. The van der Waals surface area contributed by atoms with Crippen molar-refractivity contribution in [1.82, 2.24) is 0 Å². The number of nitrogens with two attached hydrogens (primary N) is 1. The van der Waals surface area contributed by atoms with Gasteiger partial charge in [0.25, 0.3) is 0 Å². The Morgan fingerprint density at radius 1 is 1.50 bits per heavy atom. The molecule has 7 heteroatoms. The van der Waals surface area contributed by atoms with Crippen molar-refractivity contribution in [2.75, 3.05) is 16.8 Å². The quantitative estimate of drug-likeness (QED) is 0.841. The number of nitriles is 1. The standard InChI is InChI=1S/C13H19N3O2S2/c1-3-5-8-6-9(8)16-13-12(20(17,18)4-2)11(15)10(7-14)19-13/h8-9,16H,3-6,15H2,1-2H3. The van der Waals surface area contributed by atoms with Gasteiger partial charge in [-0.25, -0.2) is 8.42 Å². The van der Waals surface area contributed by atoms with Crippen LogP contribution in [0.5, 0.6) is 0 Å². The smallest absolute Gasteiger partial charge is 0.183 e. The molecule has 20 heavy (non-hydrogen) atoms. The van der Waals surface area contributed by atoms with Gasteiger partial charge < -0.3 is 11.1 Å². The maximum atomic E-state index is 12.2. The van der Waals surface area contributed by atoms with E-state index >= 15 is 0 Å². The third-order valence-electron chi connectivity index (χ3n) is 3.59. The molecule has 1 aliphatic carbocycles. The molecule has 0 amide bonds. The van der Waals surface area contributed by atoms with E-state index in [-0.39, 0.29) is 21.2 Å². The highest BCUT2D eigenvalue weighted by Crippen LogP contribution is 2.44. The Morgan fingerprint density at radius 3 is 2.75 bits per heavy atom. The lowest BCUT2D eigenvalue weighted by Crippen LogP contribution is -2.11. The zero-order valence-corrected chi connectivity index (χ0v) is 13.3. The molecule has 2 atom stereocenters. The molecule has 2 rings (SSSR count). The number of thiophene rings is 1. The molecule has 0 saturated heterocycles. The molecule has 2 unspecified atom stereocenters. The Balaban J connectivity index is 2.32. The largest absolute Gasteiger partial charge is 0.396 e. The summed E-state index contributed by atoms with van der Waals surface area (Å²) in [5.74, 6) is 0.585. The van der Waals surface area contributed by atoms with Crippen LogP contribution in [-0.2, 0) is 9.84 Å². The number of anilines is 2. The highest BCUT2D eigenvalue weighted by molar-refractivity contribution is 7.91. The van der Waals surface area contributed by atoms with Crippen LogP contribution in [-0.4, -0.2) is 20.2 Å². The van der Waals surface area contributed by atoms with Crippen molar-refractivity contribution in [3.8, 4) is 6.07 Å². The van der Waals surface area contributed by atoms with E-state index in [4.69, 9.17) is 11.0 Å². The fourth-order valence-electron chi connectivity index (χ4n) is 2.34. The normalized spacial score (nSPS) is 21.4. The van der Waals surface area contributed by atoms with Gasteiger partial charge in [0.1, 0.15) is 20.8 Å². The molecule has 1 aliphatic rings. The number of nitrogens with one attached hydrogen (secondary N) is 1. The molecule has 0 spiro atoms. The van der Waals surface area contributed by atoms with Crippen molar-refractivity contribution >= 4 is 31.9 Å². The topological polar surface area (TPSA) is 96.0 Å². The Morgan fingerprint density at radius 2 is 2.20 bits per heavy atom. The van der Waals surface area contributed by atoms with Crippen LogP contribution in [0.15, 0.2) is 4.90 Å². The molecule has 3 N–H and O–H groups in total. The van der Waals surface area contributed by atoms with Gasteiger partial charge in [0, 0.05) is 6.04 Å². The van der Waals surface area contributed by atoms with E-state index in [1.54, 1.807) is 6.92 Å². The number of nitrogens with zero attached hydrogens (tertiary/aromatic N) is 1. The van der Waals surface area contributed by atoms with Crippen LogP contribution in [0.2, 0.25) is 0 Å². The molecular weight excluding hydrogens is 294 g/mol. The van der Waals surface area contributed by atoms with Crippen LogP contribution in [0.4, 0.5) is 10.7 Å². The summed E-state index contributed by atoms with van der Waals surface area (Å²) >= 11 is 1.14. The molecule has 1 heterocycles. The van der Waals surface area contributed by atoms with Gasteiger partial charge in [-0.2, -0.15) is 5.26 Å².